The molecule has 1 aromatic heterocycles. The van der Waals surface area contributed by atoms with E-state index in [2.05, 4.69) is 10.3 Å². The number of hydrogen-bond acceptors (Lipinski definition) is 5. The van der Waals surface area contributed by atoms with Gasteiger partial charge in [-0.2, -0.15) is 0 Å². The number of rotatable bonds is 4. The molecule has 0 unspecified atom stereocenters. The zero-order chi connectivity index (χ0) is 15.4. The monoisotopic (exact) mass is 287 g/mol. The standard InChI is InChI=1S/C13H9N3O5/c17-12(10-5-6-14-7-11(10)13(18)19)15-8-1-3-9(4-2-8)16(20)21/h1-7H,(H,15,17)(H,18,19). The van der Waals surface area contributed by atoms with Gasteiger partial charge in [0.25, 0.3) is 11.6 Å². The number of nitrogens with zero attached hydrogens (tertiary/aromatic N) is 2. The Bertz CT molecular complexity index is 712. The predicted octanol–water partition coefficient (Wildman–Crippen LogP) is 1.94. The highest BCUT2D eigenvalue weighted by atomic mass is 16.6. The highest BCUT2D eigenvalue weighted by molar-refractivity contribution is 6.10. The molecule has 0 bridgehead atoms. The number of carboxylic acids is 1. The van der Waals surface area contributed by atoms with Crippen LogP contribution in [0.1, 0.15) is 20.7 Å². The van der Waals surface area contributed by atoms with Crippen molar-refractivity contribution >= 4 is 23.3 Å². The molecule has 0 aliphatic rings. The Morgan fingerprint density at radius 3 is 2.38 bits per heavy atom. The van der Waals surface area contributed by atoms with Gasteiger partial charge < -0.3 is 10.4 Å². The lowest BCUT2D eigenvalue weighted by Gasteiger charge is -2.07. The number of carbonyl (C=O) groups excluding carboxylic acids is 1. The number of aromatic nitrogens is 1. The largest absolute Gasteiger partial charge is 0.478 e. The van der Waals surface area contributed by atoms with Gasteiger partial charge in [-0.15, -0.1) is 0 Å². The van der Waals surface area contributed by atoms with Crippen LogP contribution in [-0.4, -0.2) is 26.9 Å². The van der Waals surface area contributed by atoms with Crippen LogP contribution in [0.4, 0.5) is 11.4 Å². The lowest BCUT2D eigenvalue weighted by atomic mass is 10.1. The van der Waals surface area contributed by atoms with Crippen molar-refractivity contribution in [3.63, 3.8) is 0 Å². The van der Waals surface area contributed by atoms with Gasteiger partial charge in [-0.3, -0.25) is 19.9 Å². The van der Waals surface area contributed by atoms with Gasteiger partial charge in [-0.25, -0.2) is 4.79 Å². The molecule has 2 rings (SSSR count). The maximum atomic E-state index is 12.0. The molecule has 0 saturated heterocycles. The first-order valence-corrected chi connectivity index (χ1v) is 5.72. The van der Waals surface area contributed by atoms with E-state index in [1.807, 2.05) is 0 Å². The number of nitro benzene ring substituents is 1. The van der Waals surface area contributed by atoms with E-state index in [-0.39, 0.29) is 16.8 Å². The summed E-state index contributed by atoms with van der Waals surface area (Å²) in [7, 11) is 0. The number of carbonyl (C=O) groups is 2. The molecule has 0 spiro atoms. The molecular formula is C13H9N3O5. The number of hydrogen-bond donors (Lipinski definition) is 2. The summed E-state index contributed by atoms with van der Waals surface area (Å²) in [5.41, 5.74) is -0.0605. The molecule has 1 aromatic carbocycles. The number of amides is 1. The maximum Gasteiger partial charge on any atom is 0.338 e. The van der Waals surface area contributed by atoms with Crippen LogP contribution in [-0.2, 0) is 0 Å². The lowest BCUT2D eigenvalue weighted by molar-refractivity contribution is -0.384. The van der Waals surface area contributed by atoms with Gasteiger partial charge in [-0.05, 0) is 18.2 Å². The quantitative estimate of drug-likeness (QED) is 0.654. The molecule has 2 aromatic rings. The zero-order valence-electron chi connectivity index (χ0n) is 10.5. The van der Waals surface area contributed by atoms with E-state index in [1.54, 1.807) is 0 Å². The van der Waals surface area contributed by atoms with Gasteiger partial charge in [0.15, 0.2) is 0 Å². The van der Waals surface area contributed by atoms with Crippen molar-refractivity contribution in [2.24, 2.45) is 0 Å². The molecule has 106 valence electrons. The van der Waals surface area contributed by atoms with Crippen LogP contribution < -0.4 is 5.32 Å². The molecule has 8 heteroatoms. The molecule has 0 radical (unpaired) electrons. The summed E-state index contributed by atoms with van der Waals surface area (Å²) in [4.78, 5) is 36.6. The normalized spacial score (nSPS) is 9.90. The number of non-ortho nitro benzene ring substituents is 1. The first-order valence-electron chi connectivity index (χ1n) is 5.72. The van der Waals surface area contributed by atoms with E-state index < -0.39 is 16.8 Å². The molecule has 1 amide bonds. The van der Waals surface area contributed by atoms with Gasteiger partial charge in [0.05, 0.1) is 16.1 Å². The topological polar surface area (TPSA) is 122 Å². The molecular weight excluding hydrogens is 278 g/mol. The summed E-state index contributed by atoms with van der Waals surface area (Å²) in [5.74, 6) is -1.90. The SMILES string of the molecule is O=C(O)c1cnccc1C(=O)Nc1ccc([N+](=O)[O-])cc1. The second-order valence-corrected chi connectivity index (χ2v) is 3.98. The molecule has 2 N–H and O–H groups in total. The second-order valence-electron chi connectivity index (χ2n) is 3.98. The lowest BCUT2D eigenvalue weighted by Crippen LogP contribution is -2.16. The summed E-state index contributed by atoms with van der Waals surface area (Å²) in [5, 5.41) is 22.0. The molecule has 21 heavy (non-hydrogen) atoms. The average molecular weight is 287 g/mol. The van der Waals surface area contributed by atoms with Crippen molar-refractivity contribution in [1.29, 1.82) is 0 Å². The number of carboxylic acid groups (broad SMARTS) is 1. The second kappa shape index (κ2) is 5.78. The molecule has 0 aliphatic heterocycles. The number of anilines is 1. The predicted molar refractivity (Wildman–Crippen MR) is 72.2 cm³/mol. The molecule has 1 heterocycles. The Morgan fingerprint density at radius 2 is 1.81 bits per heavy atom. The fourth-order valence-corrected chi connectivity index (χ4v) is 1.63. The molecule has 0 aliphatic carbocycles. The summed E-state index contributed by atoms with van der Waals surface area (Å²) < 4.78 is 0. The number of pyridine rings is 1. The van der Waals surface area contributed by atoms with Crippen molar-refractivity contribution in [1.82, 2.24) is 4.98 Å². The summed E-state index contributed by atoms with van der Waals surface area (Å²) in [6, 6.07) is 6.47. The fraction of sp³-hybridized carbons (Fsp3) is 0. The van der Waals surface area contributed by atoms with E-state index in [4.69, 9.17) is 5.11 Å². The summed E-state index contributed by atoms with van der Waals surface area (Å²) >= 11 is 0. The fourth-order valence-electron chi connectivity index (χ4n) is 1.63. The van der Waals surface area contributed by atoms with Crippen molar-refractivity contribution in [2.75, 3.05) is 5.32 Å². The Kier molecular flexibility index (Phi) is 3.89. The van der Waals surface area contributed by atoms with E-state index in [0.717, 1.165) is 6.20 Å². The number of nitrogens with one attached hydrogen (secondary N) is 1. The minimum atomic E-state index is -1.27. The Hall–Kier alpha value is -3.29. The third-order valence-electron chi connectivity index (χ3n) is 2.63. The molecule has 0 saturated carbocycles. The highest BCUT2D eigenvalue weighted by Gasteiger charge is 2.16. The zero-order valence-corrected chi connectivity index (χ0v) is 10.5. The van der Waals surface area contributed by atoms with Crippen LogP contribution in [0.25, 0.3) is 0 Å². The smallest absolute Gasteiger partial charge is 0.338 e. The Balaban J connectivity index is 2.22. The van der Waals surface area contributed by atoms with Gasteiger partial charge in [-0.1, -0.05) is 0 Å². The molecule has 8 nitrogen and oxygen atoms in total. The highest BCUT2D eigenvalue weighted by Crippen LogP contribution is 2.17. The molecule has 0 atom stereocenters. The summed E-state index contributed by atoms with van der Waals surface area (Å²) in [6.07, 6.45) is 2.38. The van der Waals surface area contributed by atoms with Crippen LogP contribution in [0.15, 0.2) is 42.7 Å². The van der Waals surface area contributed by atoms with E-state index in [1.165, 1.54) is 36.5 Å². The van der Waals surface area contributed by atoms with E-state index in [9.17, 15) is 19.7 Å². The van der Waals surface area contributed by atoms with Crippen LogP contribution in [0.2, 0.25) is 0 Å². The van der Waals surface area contributed by atoms with Gasteiger partial charge in [0.2, 0.25) is 0 Å². The van der Waals surface area contributed by atoms with Crippen LogP contribution in [0, 0.1) is 10.1 Å². The average Bonchev–Trinajstić information content (AvgIpc) is 2.47. The van der Waals surface area contributed by atoms with Gasteiger partial charge in [0, 0.05) is 30.2 Å². The Morgan fingerprint density at radius 1 is 1.14 bits per heavy atom. The van der Waals surface area contributed by atoms with Crippen LogP contribution in [0.5, 0.6) is 0 Å². The van der Waals surface area contributed by atoms with Gasteiger partial charge >= 0.3 is 5.97 Å². The van der Waals surface area contributed by atoms with E-state index >= 15 is 0 Å². The Labute approximate surface area is 118 Å². The van der Waals surface area contributed by atoms with Crippen molar-refractivity contribution in [2.45, 2.75) is 0 Å². The van der Waals surface area contributed by atoms with Crippen LogP contribution >= 0.6 is 0 Å². The third kappa shape index (κ3) is 3.18. The molecule has 0 fully saturated rings. The summed E-state index contributed by atoms with van der Waals surface area (Å²) in [6.45, 7) is 0. The first-order chi connectivity index (χ1) is 9.99. The number of nitro groups is 1. The first kappa shape index (κ1) is 14.1. The van der Waals surface area contributed by atoms with Crippen LogP contribution in [0.3, 0.4) is 0 Å². The maximum absolute atomic E-state index is 12.0. The van der Waals surface area contributed by atoms with Crippen molar-refractivity contribution < 1.29 is 19.6 Å². The number of aromatic carboxylic acids is 1. The minimum Gasteiger partial charge on any atom is -0.478 e. The van der Waals surface area contributed by atoms with Gasteiger partial charge in [0.1, 0.15) is 0 Å². The van der Waals surface area contributed by atoms with Crippen molar-refractivity contribution in [3.8, 4) is 0 Å². The number of benzene rings is 1. The van der Waals surface area contributed by atoms with Crippen molar-refractivity contribution in [3.05, 3.63) is 64.0 Å². The minimum absolute atomic E-state index is 0.0455. The third-order valence-corrected chi connectivity index (χ3v) is 2.63. The van der Waals surface area contributed by atoms with E-state index in [0.29, 0.717) is 5.69 Å².